The third-order valence-corrected chi connectivity index (χ3v) is 5.07. The highest BCUT2D eigenvalue weighted by Crippen LogP contribution is 2.29. The van der Waals surface area contributed by atoms with Crippen LogP contribution in [0, 0.1) is 17.1 Å². The van der Waals surface area contributed by atoms with Gasteiger partial charge in [-0.1, -0.05) is 17.3 Å². The van der Waals surface area contributed by atoms with Gasteiger partial charge in [0, 0.05) is 37.8 Å². The normalized spacial score (nSPS) is 14.4. The molecule has 1 aliphatic rings. The summed E-state index contributed by atoms with van der Waals surface area (Å²) < 4.78 is 19.1. The van der Waals surface area contributed by atoms with Gasteiger partial charge in [-0.05, 0) is 37.4 Å². The van der Waals surface area contributed by atoms with Gasteiger partial charge in [0.05, 0.1) is 23.0 Å². The van der Waals surface area contributed by atoms with Gasteiger partial charge in [-0.3, -0.25) is 4.79 Å². The van der Waals surface area contributed by atoms with Crippen molar-refractivity contribution in [1.29, 1.82) is 5.26 Å². The van der Waals surface area contributed by atoms with Crippen LogP contribution in [-0.4, -0.2) is 49.2 Å². The molecular weight excluding hydrogens is 385 g/mol. The lowest BCUT2D eigenvalue weighted by molar-refractivity contribution is 0.0988. The van der Waals surface area contributed by atoms with E-state index in [2.05, 4.69) is 33.4 Å². The summed E-state index contributed by atoms with van der Waals surface area (Å²) in [6, 6.07) is 14.8. The molecule has 8 heteroatoms. The molecule has 1 fully saturated rings. The number of rotatable bonds is 4. The molecule has 0 spiro atoms. The van der Waals surface area contributed by atoms with E-state index in [1.807, 2.05) is 0 Å². The number of aromatic nitrogens is 1. The number of piperazine rings is 1. The van der Waals surface area contributed by atoms with E-state index in [0.717, 1.165) is 31.9 Å². The predicted molar refractivity (Wildman–Crippen MR) is 111 cm³/mol. The molecular formula is C22H20FN5O2. The van der Waals surface area contributed by atoms with Crippen LogP contribution in [0.1, 0.15) is 16.1 Å². The number of benzene rings is 2. The van der Waals surface area contributed by atoms with Crippen LogP contribution in [0.4, 0.5) is 15.8 Å². The Labute approximate surface area is 173 Å². The molecule has 1 N–H and O–H groups in total. The first-order chi connectivity index (χ1) is 14.5. The Morgan fingerprint density at radius 1 is 1.17 bits per heavy atom. The maximum atomic E-state index is 13.9. The molecule has 0 radical (unpaired) electrons. The highest BCUT2D eigenvalue weighted by atomic mass is 19.1. The fraction of sp³-hybridized carbons (Fsp3) is 0.227. The number of halogens is 1. The van der Waals surface area contributed by atoms with Gasteiger partial charge in [-0.2, -0.15) is 5.26 Å². The van der Waals surface area contributed by atoms with Crippen LogP contribution in [0.15, 0.2) is 53.1 Å². The first kappa shape index (κ1) is 19.6. The molecule has 0 atom stereocenters. The molecule has 1 aliphatic heterocycles. The van der Waals surface area contributed by atoms with Crippen molar-refractivity contribution < 1.29 is 13.7 Å². The molecule has 7 nitrogen and oxygen atoms in total. The number of likely N-dealkylation sites (N-methyl/N-ethyl adjacent to an activating group) is 1. The molecule has 2 aromatic carbocycles. The number of hydrogen-bond acceptors (Lipinski definition) is 6. The lowest BCUT2D eigenvalue weighted by Crippen LogP contribution is -2.44. The van der Waals surface area contributed by atoms with Gasteiger partial charge in [-0.15, -0.1) is 0 Å². The Hall–Kier alpha value is -3.70. The van der Waals surface area contributed by atoms with E-state index >= 15 is 0 Å². The van der Waals surface area contributed by atoms with Crippen LogP contribution in [0.3, 0.4) is 0 Å². The third-order valence-electron chi connectivity index (χ3n) is 5.07. The van der Waals surface area contributed by atoms with Crippen LogP contribution in [0.25, 0.3) is 11.3 Å². The average Bonchev–Trinajstić information content (AvgIpc) is 3.25. The fourth-order valence-corrected chi connectivity index (χ4v) is 3.38. The molecule has 1 amide bonds. The van der Waals surface area contributed by atoms with Crippen molar-refractivity contribution in [3.8, 4) is 17.3 Å². The molecule has 3 aromatic rings. The Morgan fingerprint density at radius 2 is 1.97 bits per heavy atom. The Kier molecular flexibility index (Phi) is 5.46. The second-order valence-electron chi connectivity index (χ2n) is 7.17. The molecule has 0 aliphatic carbocycles. The predicted octanol–water partition coefficient (Wildman–Crippen LogP) is 3.36. The lowest BCUT2D eigenvalue weighted by atomic mass is 10.1. The summed E-state index contributed by atoms with van der Waals surface area (Å²) in [5.41, 5.74) is 2.74. The van der Waals surface area contributed by atoms with Crippen molar-refractivity contribution in [3.05, 3.63) is 65.7 Å². The second-order valence-corrected chi connectivity index (χ2v) is 7.17. The number of carbonyl (C=O) groups excluding carboxylic acids is 1. The zero-order chi connectivity index (χ0) is 21.1. The summed E-state index contributed by atoms with van der Waals surface area (Å²) in [5.74, 6) is -0.957. The zero-order valence-corrected chi connectivity index (χ0v) is 16.4. The van der Waals surface area contributed by atoms with Crippen LogP contribution in [0.2, 0.25) is 0 Å². The number of amides is 1. The largest absolute Gasteiger partial charge is 0.367 e. The van der Waals surface area contributed by atoms with E-state index < -0.39 is 11.7 Å². The maximum absolute atomic E-state index is 13.9. The van der Waals surface area contributed by atoms with Gasteiger partial charge in [0.1, 0.15) is 11.5 Å². The van der Waals surface area contributed by atoms with E-state index in [1.54, 1.807) is 30.3 Å². The second kappa shape index (κ2) is 8.35. The van der Waals surface area contributed by atoms with E-state index in [9.17, 15) is 9.18 Å². The molecule has 4 rings (SSSR count). The van der Waals surface area contributed by atoms with E-state index in [-0.39, 0.29) is 5.76 Å². The topological polar surface area (TPSA) is 85.4 Å². The molecule has 1 saturated heterocycles. The molecule has 1 aromatic heterocycles. The number of anilines is 2. The molecule has 30 heavy (non-hydrogen) atoms. The minimum Gasteiger partial charge on any atom is -0.367 e. The highest BCUT2D eigenvalue weighted by molar-refractivity contribution is 6.04. The summed E-state index contributed by atoms with van der Waals surface area (Å²) in [6.45, 7) is 3.34. The lowest BCUT2D eigenvalue weighted by Gasteiger charge is -2.35. The molecule has 0 saturated carbocycles. The Bertz CT molecular complexity index is 1110. The molecule has 0 unspecified atom stereocenters. The van der Waals surface area contributed by atoms with Gasteiger partial charge in [0.2, 0.25) is 5.76 Å². The quantitative estimate of drug-likeness (QED) is 0.717. The summed E-state index contributed by atoms with van der Waals surface area (Å²) in [4.78, 5) is 17.1. The summed E-state index contributed by atoms with van der Waals surface area (Å²) in [7, 11) is 2.05. The fourth-order valence-electron chi connectivity index (χ4n) is 3.38. The van der Waals surface area contributed by atoms with Crippen molar-refractivity contribution in [1.82, 2.24) is 10.1 Å². The smallest absolute Gasteiger partial charge is 0.294 e. The van der Waals surface area contributed by atoms with Gasteiger partial charge in [0.15, 0.2) is 0 Å². The molecule has 2 heterocycles. The van der Waals surface area contributed by atoms with Crippen LogP contribution in [-0.2, 0) is 0 Å². The third kappa shape index (κ3) is 4.16. The Balaban J connectivity index is 1.55. The average molecular weight is 405 g/mol. The Morgan fingerprint density at radius 3 is 2.73 bits per heavy atom. The van der Waals surface area contributed by atoms with Gasteiger partial charge >= 0.3 is 0 Å². The first-order valence-corrected chi connectivity index (χ1v) is 9.55. The standard InChI is InChI=1S/C22H20FN5O2/c1-27-7-9-28(10-8-27)20-6-5-17(23)12-19(20)25-22(29)21-13-18(26-30-21)16-4-2-3-15(11-16)14-24/h2-6,11-13H,7-10H2,1H3,(H,25,29). The van der Waals surface area contributed by atoms with Crippen LogP contribution in [0.5, 0.6) is 0 Å². The SMILES string of the molecule is CN1CCN(c2ccc(F)cc2NC(=O)c2cc(-c3cccc(C#N)c3)no2)CC1. The monoisotopic (exact) mass is 405 g/mol. The number of carbonyl (C=O) groups is 1. The van der Waals surface area contributed by atoms with Crippen molar-refractivity contribution in [3.63, 3.8) is 0 Å². The van der Waals surface area contributed by atoms with Crippen molar-refractivity contribution in [2.75, 3.05) is 43.4 Å². The minimum atomic E-state index is -0.522. The van der Waals surface area contributed by atoms with Crippen molar-refractivity contribution >= 4 is 17.3 Å². The number of hydrogen-bond donors (Lipinski definition) is 1. The van der Waals surface area contributed by atoms with E-state index in [0.29, 0.717) is 22.5 Å². The van der Waals surface area contributed by atoms with Crippen molar-refractivity contribution in [2.45, 2.75) is 0 Å². The summed E-state index contributed by atoms with van der Waals surface area (Å²) in [6.07, 6.45) is 0. The molecule has 0 bridgehead atoms. The summed E-state index contributed by atoms with van der Waals surface area (Å²) >= 11 is 0. The molecule has 152 valence electrons. The van der Waals surface area contributed by atoms with Gasteiger partial charge < -0.3 is 19.6 Å². The van der Waals surface area contributed by atoms with Crippen LogP contribution >= 0.6 is 0 Å². The van der Waals surface area contributed by atoms with Gasteiger partial charge in [0.25, 0.3) is 5.91 Å². The van der Waals surface area contributed by atoms with E-state index in [1.165, 1.54) is 18.2 Å². The van der Waals surface area contributed by atoms with Crippen molar-refractivity contribution in [2.24, 2.45) is 0 Å². The number of nitriles is 1. The number of nitrogens with one attached hydrogen (secondary N) is 1. The maximum Gasteiger partial charge on any atom is 0.294 e. The summed E-state index contributed by atoms with van der Waals surface area (Å²) in [5, 5.41) is 15.7. The minimum absolute atomic E-state index is 0.000879. The van der Waals surface area contributed by atoms with Gasteiger partial charge in [-0.25, -0.2) is 4.39 Å². The first-order valence-electron chi connectivity index (χ1n) is 9.55. The highest BCUT2D eigenvalue weighted by Gasteiger charge is 2.21. The van der Waals surface area contributed by atoms with Crippen LogP contribution < -0.4 is 10.2 Å². The van der Waals surface area contributed by atoms with E-state index in [4.69, 9.17) is 9.78 Å². The zero-order valence-electron chi connectivity index (χ0n) is 16.4. The number of nitrogens with zero attached hydrogens (tertiary/aromatic N) is 4.